The van der Waals surface area contributed by atoms with Gasteiger partial charge >= 0.3 is 0 Å². The monoisotopic (exact) mass is 306 g/mol. The van der Waals surface area contributed by atoms with Gasteiger partial charge in [0.15, 0.2) is 5.96 Å². The zero-order valence-electron chi connectivity index (χ0n) is 14.6. The van der Waals surface area contributed by atoms with Crippen LogP contribution in [0.1, 0.15) is 58.3 Å². The van der Waals surface area contributed by atoms with Crippen molar-refractivity contribution in [3.8, 4) is 0 Å². The zero-order valence-corrected chi connectivity index (χ0v) is 14.6. The van der Waals surface area contributed by atoms with Crippen molar-refractivity contribution in [1.29, 1.82) is 0 Å². The fraction of sp³-hybridized carbons (Fsp3) is 0.944. The van der Waals surface area contributed by atoms with Crippen LogP contribution in [-0.4, -0.2) is 61.6 Å². The first-order valence-electron chi connectivity index (χ1n) is 9.46. The predicted octanol–water partition coefficient (Wildman–Crippen LogP) is 2.70. The van der Waals surface area contributed by atoms with Gasteiger partial charge in [0.2, 0.25) is 0 Å². The van der Waals surface area contributed by atoms with E-state index in [0.717, 1.165) is 31.6 Å². The molecule has 0 amide bonds. The molecule has 22 heavy (non-hydrogen) atoms. The number of nitrogens with zero attached hydrogens (tertiary/aromatic N) is 3. The van der Waals surface area contributed by atoms with E-state index in [2.05, 4.69) is 29.1 Å². The molecule has 0 aromatic heterocycles. The summed E-state index contributed by atoms with van der Waals surface area (Å²) >= 11 is 0. The van der Waals surface area contributed by atoms with Crippen molar-refractivity contribution in [3.63, 3.8) is 0 Å². The van der Waals surface area contributed by atoms with E-state index in [1.165, 1.54) is 64.5 Å². The van der Waals surface area contributed by atoms with E-state index in [-0.39, 0.29) is 0 Å². The Hall–Kier alpha value is -0.770. The van der Waals surface area contributed by atoms with Crippen molar-refractivity contribution in [2.24, 2.45) is 10.4 Å². The van der Waals surface area contributed by atoms with Crippen molar-refractivity contribution >= 4 is 5.96 Å². The smallest absolute Gasteiger partial charge is 0.193 e. The molecule has 1 aliphatic heterocycles. The predicted molar refractivity (Wildman–Crippen MR) is 93.3 cm³/mol. The van der Waals surface area contributed by atoms with Crippen LogP contribution in [0, 0.1) is 5.41 Å². The molecule has 0 aromatic carbocycles. The third-order valence-electron chi connectivity index (χ3n) is 6.15. The normalized spacial score (nSPS) is 25.2. The molecule has 0 atom stereocenters. The number of nitrogens with one attached hydrogen (secondary N) is 1. The minimum atomic E-state index is 0.650. The fourth-order valence-electron chi connectivity index (χ4n) is 4.47. The van der Waals surface area contributed by atoms with E-state index in [9.17, 15) is 0 Å². The Morgan fingerprint density at radius 1 is 1.23 bits per heavy atom. The average molecular weight is 306 g/mol. The lowest BCUT2D eigenvalue weighted by Crippen LogP contribution is -2.43. The Kier molecular flexibility index (Phi) is 5.27. The van der Waals surface area contributed by atoms with Gasteiger partial charge in [0.25, 0.3) is 0 Å². The van der Waals surface area contributed by atoms with E-state index >= 15 is 0 Å². The van der Waals surface area contributed by atoms with Crippen LogP contribution >= 0.6 is 0 Å². The maximum absolute atomic E-state index is 4.92. The lowest BCUT2D eigenvalue weighted by Gasteiger charge is -2.38. The van der Waals surface area contributed by atoms with Crippen molar-refractivity contribution in [2.45, 2.75) is 64.3 Å². The molecule has 126 valence electrons. The molecule has 3 rings (SSSR count). The second-order valence-corrected chi connectivity index (χ2v) is 7.68. The number of likely N-dealkylation sites (N-methyl/N-ethyl adjacent to an activating group) is 1. The quantitative estimate of drug-likeness (QED) is 0.626. The molecule has 3 aliphatic rings. The number of likely N-dealkylation sites (tertiary alicyclic amines) is 1. The van der Waals surface area contributed by atoms with Gasteiger partial charge in [-0.2, -0.15) is 0 Å². The summed E-state index contributed by atoms with van der Waals surface area (Å²) in [7, 11) is 2.28. The van der Waals surface area contributed by atoms with Gasteiger partial charge in [0.05, 0.1) is 6.54 Å². The summed E-state index contributed by atoms with van der Waals surface area (Å²) in [5, 5.41) is 3.51. The first-order valence-corrected chi connectivity index (χ1v) is 9.46. The van der Waals surface area contributed by atoms with Crippen LogP contribution in [0.5, 0.6) is 0 Å². The molecule has 1 heterocycles. The standard InChI is InChI=1S/C18H34N4/c1-3-19-17(22-13-11-18(15-22)9-6-10-18)20-12-14-21(2)16-7-4-5-8-16/h16H,3-15H2,1-2H3,(H,19,20). The highest BCUT2D eigenvalue weighted by Gasteiger charge is 2.43. The van der Waals surface area contributed by atoms with Gasteiger partial charge in [-0.25, -0.2) is 0 Å². The Morgan fingerprint density at radius 3 is 2.59 bits per heavy atom. The molecule has 3 fully saturated rings. The summed E-state index contributed by atoms with van der Waals surface area (Å²) in [6.45, 7) is 7.61. The zero-order chi connectivity index (χ0) is 15.4. The average Bonchev–Trinajstić information content (AvgIpc) is 3.15. The molecule has 4 heteroatoms. The Balaban J connectivity index is 1.49. The van der Waals surface area contributed by atoms with Gasteiger partial charge in [-0.3, -0.25) is 4.99 Å². The first-order chi connectivity index (χ1) is 10.7. The molecule has 0 unspecified atom stereocenters. The topological polar surface area (TPSA) is 30.9 Å². The minimum absolute atomic E-state index is 0.650. The van der Waals surface area contributed by atoms with Gasteiger partial charge in [0, 0.05) is 32.2 Å². The lowest BCUT2D eigenvalue weighted by molar-refractivity contribution is 0.151. The highest BCUT2D eigenvalue weighted by atomic mass is 15.3. The van der Waals surface area contributed by atoms with E-state index < -0.39 is 0 Å². The number of aliphatic imine (C=N–C) groups is 1. The summed E-state index contributed by atoms with van der Waals surface area (Å²) in [6, 6.07) is 0.808. The van der Waals surface area contributed by atoms with Crippen LogP contribution in [0.4, 0.5) is 0 Å². The molecule has 0 aromatic rings. The van der Waals surface area contributed by atoms with Crippen LogP contribution in [-0.2, 0) is 0 Å². The second-order valence-electron chi connectivity index (χ2n) is 7.68. The molecule has 4 nitrogen and oxygen atoms in total. The van der Waals surface area contributed by atoms with Gasteiger partial charge < -0.3 is 15.1 Å². The van der Waals surface area contributed by atoms with Gasteiger partial charge in [0.1, 0.15) is 0 Å². The number of rotatable bonds is 5. The van der Waals surface area contributed by atoms with Crippen LogP contribution < -0.4 is 5.32 Å². The summed E-state index contributed by atoms with van der Waals surface area (Å²) in [4.78, 5) is 9.96. The van der Waals surface area contributed by atoms with Gasteiger partial charge in [-0.15, -0.1) is 0 Å². The van der Waals surface area contributed by atoms with Gasteiger partial charge in [-0.1, -0.05) is 19.3 Å². The molecular weight excluding hydrogens is 272 g/mol. The van der Waals surface area contributed by atoms with E-state index in [4.69, 9.17) is 4.99 Å². The summed E-state index contributed by atoms with van der Waals surface area (Å²) in [6.07, 6.45) is 11.3. The van der Waals surface area contributed by atoms with Crippen LogP contribution in [0.3, 0.4) is 0 Å². The van der Waals surface area contributed by atoms with Gasteiger partial charge in [-0.05, 0) is 51.5 Å². The van der Waals surface area contributed by atoms with Crippen molar-refractivity contribution in [1.82, 2.24) is 15.1 Å². The highest BCUT2D eigenvalue weighted by Crippen LogP contribution is 2.47. The Labute approximate surface area is 136 Å². The van der Waals surface area contributed by atoms with Crippen LogP contribution in [0.15, 0.2) is 4.99 Å². The molecule has 1 N–H and O–H groups in total. The van der Waals surface area contributed by atoms with Crippen molar-refractivity contribution < 1.29 is 0 Å². The van der Waals surface area contributed by atoms with E-state index in [1.807, 2.05) is 0 Å². The molecule has 1 saturated heterocycles. The first kappa shape index (κ1) is 16.1. The Bertz CT molecular complexity index is 383. The molecular formula is C18H34N4. The third kappa shape index (κ3) is 3.58. The second kappa shape index (κ2) is 7.20. The highest BCUT2D eigenvalue weighted by molar-refractivity contribution is 5.80. The van der Waals surface area contributed by atoms with E-state index in [0.29, 0.717) is 5.41 Å². The summed E-state index contributed by atoms with van der Waals surface area (Å²) in [5.41, 5.74) is 0.650. The Morgan fingerprint density at radius 2 is 2.00 bits per heavy atom. The fourth-order valence-corrected chi connectivity index (χ4v) is 4.47. The molecule has 2 aliphatic carbocycles. The minimum Gasteiger partial charge on any atom is -0.357 e. The molecule has 0 bridgehead atoms. The maximum Gasteiger partial charge on any atom is 0.193 e. The van der Waals surface area contributed by atoms with Crippen LogP contribution in [0.2, 0.25) is 0 Å². The van der Waals surface area contributed by atoms with E-state index in [1.54, 1.807) is 0 Å². The lowest BCUT2D eigenvalue weighted by atomic mass is 9.68. The molecule has 0 radical (unpaired) electrons. The summed E-state index contributed by atoms with van der Waals surface area (Å²) in [5.74, 6) is 1.16. The number of guanidine groups is 1. The van der Waals surface area contributed by atoms with Crippen LogP contribution in [0.25, 0.3) is 0 Å². The van der Waals surface area contributed by atoms with Crippen molar-refractivity contribution in [3.05, 3.63) is 0 Å². The summed E-state index contributed by atoms with van der Waals surface area (Å²) < 4.78 is 0. The molecule has 1 spiro atoms. The maximum atomic E-state index is 4.92. The molecule has 2 saturated carbocycles. The SMILES string of the molecule is CCNC(=NCCN(C)C1CCCC1)N1CCC2(CCC2)C1. The van der Waals surface area contributed by atoms with Crippen molar-refractivity contribution in [2.75, 3.05) is 39.8 Å². The number of hydrogen-bond donors (Lipinski definition) is 1. The number of hydrogen-bond acceptors (Lipinski definition) is 2. The largest absolute Gasteiger partial charge is 0.357 e. The third-order valence-corrected chi connectivity index (χ3v) is 6.15.